The van der Waals surface area contributed by atoms with E-state index in [1.165, 1.54) is 11.3 Å². The van der Waals surface area contributed by atoms with Gasteiger partial charge in [-0.1, -0.05) is 11.6 Å². The number of carbonyl (C=O) groups excluding carboxylic acids is 1. The van der Waals surface area contributed by atoms with Crippen LogP contribution in [-0.2, 0) is 4.74 Å². The first-order chi connectivity index (χ1) is 13.9. The number of nitrogens with zero attached hydrogens (tertiary/aromatic N) is 1. The predicted octanol–water partition coefficient (Wildman–Crippen LogP) is 3.07. The number of nitrogens with one attached hydrogen (secondary N) is 1. The van der Waals surface area contributed by atoms with E-state index in [0.29, 0.717) is 45.3 Å². The molecule has 154 valence electrons. The summed E-state index contributed by atoms with van der Waals surface area (Å²) in [5.74, 6) is 0.312. The van der Waals surface area contributed by atoms with Gasteiger partial charge < -0.3 is 26.3 Å². The van der Waals surface area contributed by atoms with E-state index in [0.717, 1.165) is 12.0 Å². The van der Waals surface area contributed by atoms with E-state index < -0.39 is 0 Å². The second-order valence-electron chi connectivity index (χ2n) is 6.65. The molecule has 5 N–H and O–H groups in total. The minimum Gasteiger partial charge on any atom is -0.488 e. The predicted molar refractivity (Wildman–Crippen MR) is 115 cm³/mol. The van der Waals surface area contributed by atoms with E-state index in [9.17, 15) is 4.79 Å². The van der Waals surface area contributed by atoms with Crippen molar-refractivity contribution in [2.75, 3.05) is 19.8 Å². The number of nitrogens with two attached hydrogens (primary N) is 2. The fourth-order valence-electron chi connectivity index (χ4n) is 2.69. The lowest BCUT2D eigenvalue weighted by molar-refractivity contribution is 0.0955. The number of carbonyl (C=O) groups is 1. The molecule has 1 aliphatic heterocycles. The van der Waals surface area contributed by atoms with Crippen LogP contribution < -0.4 is 21.5 Å². The van der Waals surface area contributed by atoms with Crippen molar-refractivity contribution in [1.82, 2.24) is 10.3 Å². The number of thiazole rings is 1. The molecule has 0 spiro atoms. The van der Waals surface area contributed by atoms with Gasteiger partial charge in [-0.05, 0) is 37.3 Å². The average molecular weight is 435 g/mol. The summed E-state index contributed by atoms with van der Waals surface area (Å²) in [6, 6.07) is 5.32. The molecule has 1 aliphatic rings. The van der Waals surface area contributed by atoms with Gasteiger partial charge in [0, 0.05) is 28.9 Å². The number of halogens is 1. The molecule has 0 unspecified atom stereocenters. The molecule has 3 rings (SSSR count). The van der Waals surface area contributed by atoms with E-state index >= 15 is 0 Å². The Morgan fingerprint density at radius 2 is 2.24 bits per heavy atom. The first-order valence-electron chi connectivity index (χ1n) is 9.08. The summed E-state index contributed by atoms with van der Waals surface area (Å²) in [4.78, 5) is 17.0. The second-order valence-corrected chi connectivity index (χ2v) is 8.32. The Bertz CT molecular complexity index is 932. The third-order valence-corrected chi connectivity index (χ3v) is 5.26. The Morgan fingerprint density at radius 3 is 2.90 bits per heavy atom. The fraction of sp³-hybridized carbons (Fsp3) is 0.300. The number of amides is 1. The van der Waals surface area contributed by atoms with Gasteiger partial charge in [0.15, 0.2) is 0 Å². The Morgan fingerprint density at radius 1 is 1.41 bits per heavy atom. The summed E-state index contributed by atoms with van der Waals surface area (Å²) >= 11 is 7.36. The average Bonchev–Trinajstić information content (AvgIpc) is 3.35. The van der Waals surface area contributed by atoms with Crippen molar-refractivity contribution in [2.45, 2.75) is 19.4 Å². The molecular weight excluding hydrogens is 412 g/mol. The molecule has 1 saturated heterocycles. The molecule has 1 aromatic carbocycles. The molecule has 9 heteroatoms. The molecule has 29 heavy (non-hydrogen) atoms. The lowest BCUT2D eigenvalue weighted by atomic mass is 10.1. The Kier molecular flexibility index (Phi) is 7.13. The highest BCUT2D eigenvalue weighted by molar-refractivity contribution is 7.18. The number of hydrogen-bond acceptors (Lipinski definition) is 7. The SMILES string of the molecule is C/C(N)=C/C=C(\N)CNC(=O)c1cc(O[C@H]2CCOC2)cc(-c2ncc(Cl)s2)c1. The summed E-state index contributed by atoms with van der Waals surface area (Å²) in [6.07, 6.45) is 5.70. The van der Waals surface area contributed by atoms with E-state index in [1.807, 2.05) is 6.07 Å². The zero-order chi connectivity index (χ0) is 20.8. The molecule has 0 bridgehead atoms. The highest BCUT2D eigenvalue weighted by Crippen LogP contribution is 2.32. The molecule has 7 nitrogen and oxygen atoms in total. The maximum Gasteiger partial charge on any atom is 0.251 e. The van der Waals surface area contributed by atoms with Gasteiger partial charge in [0.05, 0.1) is 26.0 Å². The van der Waals surface area contributed by atoms with Crippen LogP contribution in [0.2, 0.25) is 4.34 Å². The second kappa shape index (κ2) is 9.78. The molecule has 0 radical (unpaired) electrons. The zero-order valence-electron chi connectivity index (χ0n) is 16.0. The summed E-state index contributed by atoms with van der Waals surface area (Å²) in [5, 5.41) is 3.51. The molecule has 1 amide bonds. The van der Waals surface area contributed by atoms with Gasteiger partial charge in [0.1, 0.15) is 21.2 Å². The Labute approximate surface area is 178 Å². The van der Waals surface area contributed by atoms with Crippen LogP contribution in [0, 0.1) is 0 Å². The quantitative estimate of drug-likeness (QED) is 0.577. The first-order valence-corrected chi connectivity index (χ1v) is 10.3. The maximum absolute atomic E-state index is 12.7. The number of allylic oxidation sites excluding steroid dienone is 3. The van der Waals surface area contributed by atoms with Crippen molar-refractivity contribution in [2.24, 2.45) is 11.5 Å². The number of aromatic nitrogens is 1. The molecular formula is C20H23ClN4O3S. The minimum atomic E-state index is -0.271. The Hall–Kier alpha value is -2.55. The maximum atomic E-state index is 12.7. The van der Waals surface area contributed by atoms with Crippen molar-refractivity contribution >= 4 is 28.8 Å². The third kappa shape index (κ3) is 6.22. The topological polar surface area (TPSA) is 112 Å². The molecule has 2 aromatic rings. The van der Waals surface area contributed by atoms with Crippen LogP contribution in [0.3, 0.4) is 0 Å². The fourth-order valence-corrected chi connectivity index (χ4v) is 3.59. The molecule has 0 aliphatic carbocycles. The number of benzene rings is 1. The standard InChI is InChI=1S/C20H23ClN4O3S/c1-12(22)2-3-15(23)9-24-19(26)13-6-14(20-25-10-18(21)29-20)8-17(7-13)28-16-4-5-27-11-16/h2-3,6-8,10,16H,4-5,9,11,22-23H2,1H3,(H,24,26)/b12-2-,15-3-/t16-/m0/s1. The van der Waals surface area contributed by atoms with E-state index in [1.54, 1.807) is 37.4 Å². The van der Waals surface area contributed by atoms with E-state index in [2.05, 4.69) is 10.3 Å². The molecule has 1 atom stereocenters. The van der Waals surface area contributed by atoms with Crippen LogP contribution in [0.5, 0.6) is 5.75 Å². The lowest BCUT2D eigenvalue weighted by Gasteiger charge is -2.14. The monoisotopic (exact) mass is 434 g/mol. The van der Waals surface area contributed by atoms with Gasteiger partial charge >= 0.3 is 0 Å². The van der Waals surface area contributed by atoms with Crippen LogP contribution in [0.25, 0.3) is 10.6 Å². The highest BCUT2D eigenvalue weighted by Gasteiger charge is 2.19. The highest BCUT2D eigenvalue weighted by atomic mass is 35.5. The lowest BCUT2D eigenvalue weighted by Crippen LogP contribution is -2.28. The van der Waals surface area contributed by atoms with Crippen LogP contribution in [0.1, 0.15) is 23.7 Å². The van der Waals surface area contributed by atoms with Crippen LogP contribution in [0.4, 0.5) is 0 Å². The summed E-state index contributed by atoms with van der Waals surface area (Å²) in [7, 11) is 0. The van der Waals surface area contributed by atoms with Crippen molar-refractivity contribution in [1.29, 1.82) is 0 Å². The summed E-state index contributed by atoms with van der Waals surface area (Å²) in [6.45, 7) is 3.16. The first kappa shape index (κ1) is 21.2. The van der Waals surface area contributed by atoms with Crippen LogP contribution in [-0.4, -0.2) is 36.8 Å². The normalized spacial score (nSPS) is 17.4. The van der Waals surface area contributed by atoms with Gasteiger partial charge in [-0.15, -0.1) is 11.3 Å². The van der Waals surface area contributed by atoms with E-state index in [4.69, 9.17) is 32.5 Å². The third-order valence-electron chi connectivity index (χ3n) is 4.10. The van der Waals surface area contributed by atoms with Crippen molar-refractivity contribution < 1.29 is 14.3 Å². The van der Waals surface area contributed by atoms with Crippen LogP contribution >= 0.6 is 22.9 Å². The molecule has 1 fully saturated rings. The molecule has 1 aromatic heterocycles. The summed E-state index contributed by atoms with van der Waals surface area (Å²) < 4.78 is 11.9. The van der Waals surface area contributed by atoms with Crippen molar-refractivity contribution in [3.63, 3.8) is 0 Å². The van der Waals surface area contributed by atoms with Gasteiger partial charge in [0.2, 0.25) is 0 Å². The molecule has 0 saturated carbocycles. The van der Waals surface area contributed by atoms with Crippen molar-refractivity contribution in [3.05, 3.63) is 57.8 Å². The van der Waals surface area contributed by atoms with Gasteiger partial charge in [0.25, 0.3) is 5.91 Å². The number of ether oxygens (including phenoxy) is 2. The minimum absolute atomic E-state index is 0.0362. The number of rotatable bonds is 7. The zero-order valence-corrected chi connectivity index (χ0v) is 17.6. The van der Waals surface area contributed by atoms with Gasteiger partial charge in [-0.3, -0.25) is 4.79 Å². The van der Waals surface area contributed by atoms with Crippen LogP contribution in [0.15, 0.2) is 47.9 Å². The van der Waals surface area contributed by atoms with Gasteiger partial charge in [-0.25, -0.2) is 4.98 Å². The Balaban J connectivity index is 1.81. The van der Waals surface area contributed by atoms with E-state index in [-0.39, 0.29) is 18.6 Å². The largest absolute Gasteiger partial charge is 0.488 e. The van der Waals surface area contributed by atoms with Crippen molar-refractivity contribution in [3.8, 4) is 16.3 Å². The summed E-state index contributed by atoms with van der Waals surface area (Å²) in [5.41, 5.74) is 13.8. The van der Waals surface area contributed by atoms with Gasteiger partial charge in [-0.2, -0.15) is 0 Å². The smallest absolute Gasteiger partial charge is 0.251 e. The molecule has 2 heterocycles. The number of hydrogen-bond donors (Lipinski definition) is 3.